The zero-order valence-corrected chi connectivity index (χ0v) is 17.3. The van der Waals surface area contributed by atoms with Gasteiger partial charge in [0.05, 0.1) is 12.8 Å². The Kier molecular flexibility index (Phi) is 5.80. The molecule has 1 N–H and O–H groups in total. The molecule has 2 aromatic carbocycles. The molecule has 0 saturated carbocycles. The zero-order chi connectivity index (χ0) is 20.9. The monoisotopic (exact) mass is 420 g/mol. The molecular formula is C21H20N6O2S. The second-order valence-electron chi connectivity index (χ2n) is 6.64. The Morgan fingerprint density at radius 3 is 2.60 bits per heavy atom. The molecular weight excluding hydrogens is 400 g/mol. The standard InChI is InChI=1S/C21H20N6O2S/c1-14-19(16-8-10-17(29-2)11-9-16)23-21(30-14)24-20(28)18(27-13-22-25-26-27)12-15-6-4-3-5-7-15/h3-11,13,18H,12H2,1-2H3,(H,23,24,28). The molecule has 4 rings (SSSR count). The summed E-state index contributed by atoms with van der Waals surface area (Å²) in [6, 6.07) is 16.9. The molecule has 2 aromatic heterocycles. The molecule has 1 atom stereocenters. The summed E-state index contributed by atoms with van der Waals surface area (Å²) in [4.78, 5) is 18.7. The van der Waals surface area contributed by atoms with Gasteiger partial charge in [0, 0.05) is 16.9 Å². The van der Waals surface area contributed by atoms with Crippen molar-refractivity contribution >= 4 is 22.4 Å². The third kappa shape index (κ3) is 4.36. The number of aromatic nitrogens is 5. The third-order valence-corrected chi connectivity index (χ3v) is 5.54. The van der Waals surface area contributed by atoms with Gasteiger partial charge in [0.15, 0.2) is 5.13 Å². The second kappa shape index (κ2) is 8.83. The number of hydrogen-bond donors (Lipinski definition) is 1. The molecule has 1 unspecified atom stereocenters. The molecule has 152 valence electrons. The summed E-state index contributed by atoms with van der Waals surface area (Å²) in [5, 5.41) is 14.7. The van der Waals surface area contributed by atoms with Crippen molar-refractivity contribution in [2.75, 3.05) is 12.4 Å². The Bertz CT molecular complexity index is 1110. The Hall–Kier alpha value is -3.59. The van der Waals surface area contributed by atoms with E-state index in [9.17, 15) is 4.79 Å². The van der Waals surface area contributed by atoms with Crippen molar-refractivity contribution in [2.24, 2.45) is 0 Å². The normalized spacial score (nSPS) is 11.8. The number of aryl methyl sites for hydroxylation is 1. The van der Waals surface area contributed by atoms with Crippen LogP contribution in [0.4, 0.5) is 5.13 Å². The van der Waals surface area contributed by atoms with E-state index in [0.29, 0.717) is 11.6 Å². The van der Waals surface area contributed by atoms with Crippen LogP contribution in [-0.2, 0) is 11.2 Å². The maximum Gasteiger partial charge on any atom is 0.251 e. The maximum atomic E-state index is 13.1. The van der Waals surface area contributed by atoms with Crippen LogP contribution in [0.2, 0.25) is 0 Å². The number of methoxy groups -OCH3 is 1. The number of hydrogen-bond acceptors (Lipinski definition) is 7. The topological polar surface area (TPSA) is 94.8 Å². The lowest BCUT2D eigenvalue weighted by atomic mass is 10.1. The van der Waals surface area contributed by atoms with Gasteiger partial charge in [-0.05, 0) is 47.2 Å². The lowest BCUT2D eigenvalue weighted by Crippen LogP contribution is -2.28. The summed E-state index contributed by atoms with van der Waals surface area (Å²) in [5.74, 6) is 0.562. The van der Waals surface area contributed by atoms with E-state index in [0.717, 1.165) is 27.4 Å². The van der Waals surface area contributed by atoms with Crippen LogP contribution in [0.15, 0.2) is 60.9 Å². The van der Waals surface area contributed by atoms with Gasteiger partial charge in [0.2, 0.25) is 0 Å². The van der Waals surface area contributed by atoms with E-state index in [1.165, 1.54) is 22.3 Å². The second-order valence-corrected chi connectivity index (χ2v) is 7.84. The SMILES string of the molecule is COc1ccc(-c2nc(NC(=O)C(Cc3ccccc3)n3cnnn3)sc2C)cc1. The fraction of sp³-hybridized carbons (Fsp3) is 0.190. The predicted octanol–water partition coefficient (Wildman–Crippen LogP) is 3.54. The minimum atomic E-state index is -0.587. The Balaban J connectivity index is 1.55. The molecule has 0 bridgehead atoms. The van der Waals surface area contributed by atoms with Crippen molar-refractivity contribution in [3.05, 3.63) is 71.4 Å². The first-order chi connectivity index (χ1) is 14.6. The van der Waals surface area contributed by atoms with Gasteiger partial charge in [-0.25, -0.2) is 9.67 Å². The maximum absolute atomic E-state index is 13.1. The van der Waals surface area contributed by atoms with E-state index in [-0.39, 0.29) is 5.91 Å². The molecule has 0 spiro atoms. The van der Waals surface area contributed by atoms with E-state index in [2.05, 4.69) is 25.8 Å². The molecule has 0 fully saturated rings. The molecule has 0 aliphatic carbocycles. The van der Waals surface area contributed by atoms with Gasteiger partial charge in [0.1, 0.15) is 18.1 Å². The molecule has 0 aliphatic rings. The summed E-state index contributed by atoms with van der Waals surface area (Å²) < 4.78 is 6.68. The van der Waals surface area contributed by atoms with Crippen molar-refractivity contribution in [1.82, 2.24) is 25.2 Å². The van der Waals surface area contributed by atoms with E-state index in [1.807, 2.05) is 61.5 Å². The van der Waals surface area contributed by atoms with Crippen LogP contribution in [0.5, 0.6) is 5.75 Å². The molecule has 0 aliphatic heterocycles. The van der Waals surface area contributed by atoms with Gasteiger partial charge in [-0.2, -0.15) is 0 Å². The van der Waals surface area contributed by atoms with E-state index in [4.69, 9.17) is 4.74 Å². The highest BCUT2D eigenvalue weighted by Gasteiger charge is 2.24. The van der Waals surface area contributed by atoms with Crippen LogP contribution in [0.1, 0.15) is 16.5 Å². The molecule has 0 saturated heterocycles. The quantitative estimate of drug-likeness (QED) is 0.491. The van der Waals surface area contributed by atoms with E-state index < -0.39 is 6.04 Å². The van der Waals surface area contributed by atoms with Crippen LogP contribution in [0, 0.1) is 6.92 Å². The van der Waals surface area contributed by atoms with Gasteiger partial charge in [-0.15, -0.1) is 16.4 Å². The number of ether oxygens (including phenoxy) is 1. The first kappa shape index (κ1) is 19.7. The largest absolute Gasteiger partial charge is 0.497 e. The van der Waals surface area contributed by atoms with Crippen LogP contribution < -0.4 is 10.1 Å². The fourth-order valence-electron chi connectivity index (χ4n) is 3.11. The molecule has 0 radical (unpaired) electrons. The lowest BCUT2D eigenvalue weighted by molar-refractivity contribution is -0.119. The highest BCUT2D eigenvalue weighted by Crippen LogP contribution is 2.31. The van der Waals surface area contributed by atoms with E-state index >= 15 is 0 Å². The molecule has 8 nitrogen and oxygen atoms in total. The van der Waals surface area contributed by atoms with Gasteiger partial charge < -0.3 is 10.1 Å². The fourth-order valence-corrected chi connectivity index (χ4v) is 3.95. The van der Waals surface area contributed by atoms with Crippen LogP contribution in [0.3, 0.4) is 0 Å². The number of carbonyl (C=O) groups excluding carboxylic acids is 1. The number of amides is 1. The summed E-state index contributed by atoms with van der Waals surface area (Å²) >= 11 is 1.43. The minimum absolute atomic E-state index is 0.221. The number of carbonyl (C=O) groups is 1. The van der Waals surface area contributed by atoms with Gasteiger partial charge in [-0.1, -0.05) is 30.3 Å². The molecule has 30 heavy (non-hydrogen) atoms. The molecule has 4 aromatic rings. The van der Waals surface area contributed by atoms with Crippen molar-refractivity contribution < 1.29 is 9.53 Å². The average molecular weight is 420 g/mol. The highest BCUT2D eigenvalue weighted by atomic mass is 32.1. The number of benzene rings is 2. The Labute approximate surface area is 177 Å². The number of anilines is 1. The number of tetrazole rings is 1. The summed E-state index contributed by atoms with van der Waals surface area (Å²) in [7, 11) is 1.63. The van der Waals surface area contributed by atoms with Crippen LogP contribution in [0.25, 0.3) is 11.3 Å². The number of nitrogens with one attached hydrogen (secondary N) is 1. The number of rotatable bonds is 7. The van der Waals surface area contributed by atoms with Gasteiger partial charge in [-0.3, -0.25) is 4.79 Å². The van der Waals surface area contributed by atoms with Crippen LogP contribution >= 0.6 is 11.3 Å². The average Bonchev–Trinajstić information content (AvgIpc) is 3.43. The van der Waals surface area contributed by atoms with Gasteiger partial charge >= 0.3 is 0 Å². The van der Waals surface area contributed by atoms with Crippen molar-refractivity contribution in [2.45, 2.75) is 19.4 Å². The zero-order valence-electron chi connectivity index (χ0n) is 16.5. The Morgan fingerprint density at radius 2 is 1.93 bits per heavy atom. The highest BCUT2D eigenvalue weighted by molar-refractivity contribution is 7.16. The van der Waals surface area contributed by atoms with Crippen molar-refractivity contribution in [3.63, 3.8) is 0 Å². The van der Waals surface area contributed by atoms with Gasteiger partial charge in [0.25, 0.3) is 5.91 Å². The predicted molar refractivity (Wildman–Crippen MR) is 114 cm³/mol. The summed E-state index contributed by atoms with van der Waals surface area (Å²) in [6.07, 6.45) is 1.91. The molecule has 2 heterocycles. The first-order valence-electron chi connectivity index (χ1n) is 9.33. The van der Waals surface area contributed by atoms with Crippen molar-refractivity contribution in [1.29, 1.82) is 0 Å². The first-order valence-corrected chi connectivity index (χ1v) is 10.1. The number of nitrogens with zero attached hydrogens (tertiary/aromatic N) is 5. The molecule has 9 heteroatoms. The summed E-state index contributed by atoms with van der Waals surface area (Å²) in [5.41, 5.74) is 2.81. The Morgan fingerprint density at radius 1 is 1.17 bits per heavy atom. The lowest BCUT2D eigenvalue weighted by Gasteiger charge is -2.15. The smallest absolute Gasteiger partial charge is 0.251 e. The third-order valence-electron chi connectivity index (χ3n) is 4.65. The van der Waals surface area contributed by atoms with Crippen LogP contribution in [-0.4, -0.2) is 38.2 Å². The van der Waals surface area contributed by atoms with Crippen molar-refractivity contribution in [3.8, 4) is 17.0 Å². The minimum Gasteiger partial charge on any atom is -0.497 e. The molecule has 1 amide bonds. The van der Waals surface area contributed by atoms with E-state index in [1.54, 1.807) is 7.11 Å². The number of thiazole rings is 1. The summed E-state index contributed by atoms with van der Waals surface area (Å²) in [6.45, 7) is 1.98.